The molecule has 3 aromatic rings. The molecule has 0 spiro atoms. The van der Waals surface area contributed by atoms with E-state index < -0.39 is 17.7 Å². The lowest BCUT2D eigenvalue weighted by Gasteiger charge is -2.15. The number of alkyl halides is 3. The number of anilines is 1. The Morgan fingerprint density at radius 1 is 1.19 bits per heavy atom. The number of hydrogen-bond donors (Lipinski definition) is 0. The molecule has 1 aromatic carbocycles. The molecule has 0 fully saturated rings. The van der Waals surface area contributed by atoms with Crippen molar-refractivity contribution in [3.63, 3.8) is 0 Å². The van der Waals surface area contributed by atoms with Gasteiger partial charge in [0.05, 0.1) is 0 Å². The molecule has 3 rings (SSSR count). The van der Waals surface area contributed by atoms with E-state index in [1.165, 1.54) is 23.1 Å². The van der Waals surface area contributed by atoms with Gasteiger partial charge in [-0.1, -0.05) is 18.2 Å². The Bertz CT molecular complexity index is 1070. The highest BCUT2D eigenvalue weighted by atomic mass is 32.2. The van der Waals surface area contributed by atoms with Crippen LogP contribution in [-0.2, 0) is 19.3 Å². The highest BCUT2D eigenvalue weighted by molar-refractivity contribution is 7.99. The minimum Gasteiger partial charge on any atom is -0.483 e. The third-order valence-corrected chi connectivity index (χ3v) is 4.77. The number of allylic oxidation sites excluding steroid dienone is 1. The van der Waals surface area contributed by atoms with Crippen LogP contribution in [0.15, 0.2) is 53.3 Å². The minimum atomic E-state index is -4.63. The van der Waals surface area contributed by atoms with Gasteiger partial charge >= 0.3 is 6.18 Å². The van der Waals surface area contributed by atoms with E-state index >= 15 is 0 Å². The number of para-hydroxylation sites is 1. The summed E-state index contributed by atoms with van der Waals surface area (Å²) in [7, 11) is 3.16. The molecule has 0 atom stereocenters. The van der Waals surface area contributed by atoms with Gasteiger partial charge in [-0.15, -0.1) is 16.8 Å². The maximum absolute atomic E-state index is 13.8. The van der Waals surface area contributed by atoms with Gasteiger partial charge in [0.15, 0.2) is 33.4 Å². The van der Waals surface area contributed by atoms with Crippen molar-refractivity contribution in [3.8, 4) is 5.75 Å². The van der Waals surface area contributed by atoms with Crippen LogP contribution in [-0.4, -0.2) is 38.8 Å². The largest absolute Gasteiger partial charge is 0.483 e. The van der Waals surface area contributed by atoms with Gasteiger partial charge in [0.2, 0.25) is 0 Å². The zero-order valence-electron chi connectivity index (χ0n) is 16.6. The summed E-state index contributed by atoms with van der Waals surface area (Å²) in [6, 6.07) is 6.76. The quantitative estimate of drug-likeness (QED) is 0.287. The van der Waals surface area contributed by atoms with E-state index in [1.54, 1.807) is 30.8 Å². The summed E-state index contributed by atoms with van der Waals surface area (Å²) in [4.78, 5) is 9.21. The van der Waals surface area contributed by atoms with Crippen molar-refractivity contribution < 1.29 is 22.3 Å². The van der Waals surface area contributed by atoms with Gasteiger partial charge in [0, 0.05) is 26.7 Å². The number of aromatic nitrogens is 5. The Kier molecular flexibility index (Phi) is 6.78. The highest BCUT2D eigenvalue weighted by Gasteiger charge is 2.34. The van der Waals surface area contributed by atoms with E-state index in [-0.39, 0.29) is 35.0 Å². The average molecular weight is 454 g/mol. The summed E-state index contributed by atoms with van der Waals surface area (Å²) in [6.07, 6.45) is -3.06. The van der Waals surface area contributed by atoms with Crippen LogP contribution in [0.3, 0.4) is 0 Å². The van der Waals surface area contributed by atoms with E-state index in [0.29, 0.717) is 5.82 Å². The van der Waals surface area contributed by atoms with Crippen molar-refractivity contribution >= 4 is 17.6 Å². The lowest BCUT2D eigenvalue weighted by atomic mass is 10.3. The van der Waals surface area contributed by atoms with Crippen LogP contribution in [0.25, 0.3) is 0 Å². The molecule has 0 aliphatic heterocycles. The molecule has 164 valence electrons. The van der Waals surface area contributed by atoms with Crippen LogP contribution in [0.4, 0.5) is 23.4 Å². The van der Waals surface area contributed by atoms with Gasteiger partial charge in [0.25, 0.3) is 0 Å². The van der Waals surface area contributed by atoms with E-state index in [4.69, 9.17) is 4.74 Å². The SMILES string of the molecule is C=CCn1c(COc2ccccc2F)nnc1Sc1nc(N(C)C)cc(C(F)(F)F)n1. The fraction of sp³-hybridized carbons (Fsp3) is 0.263. The van der Waals surface area contributed by atoms with E-state index in [9.17, 15) is 17.6 Å². The molecule has 0 amide bonds. The number of hydrogen-bond acceptors (Lipinski definition) is 7. The summed E-state index contributed by atoms with van der Waals surface area (Å²) in [5.74, 6) is -0.0460. The molecule has 0 radical (unpaired) electrons. The summed E-state index contributed by atoms with van der Waals surface area (Å²) in [6.45, 7) is 3.82. The lowest BCUT2D eigenvalue weighted by Crippen LogP contribution is -2.16. The smallest absolute Gasteiger partial charge is 0.433 e. The second-order valence-electron chi connectivity index (χ2n) is 6.41. The van der Waals surface area contributed by atoms with Crippen LogP contribution in [0.1, 0.15) is 11.5 Å². The molecule has 2 aromatic heterocycles. The topological polar surface area (TPSA) is 69.0 Å². The number of benzene rings is 1. The highest BCUT2D eigenvalue weighted by Crippen LogP contribution is 2.33. The van der Waals surface area contributed by atoms with Crippen LogP contribution < -0.4 is 9.64 Å². The monoisotopic (exact) mass is 454 g/mol. The molecule has 0 bridgehead atoms. The Balaban J connectivity index is 1.89. The fourth-order valence-electron chi connectivity index (χ4n) is 2.43. The number of nitrogens with zero attached hydrogens (tertiary/aromatic N) is 6. The van der Waals surface area contributed by atoms with Crippen molar-refractivity contribution in [1.29, 1.82) is 0 Å². The van der Waals surface area contributed by atoms with Gasteiger partial charge in [-0.2, -0.15) is 13.2 Å². The van der Waals surface area contributed by atoms with Crippen molar-refractivity contribution in [2.24, 2.45) is 0 Å². The van der Waals surface area contributed by atoms with Gasteiger partial charge in [0.1, 0.15) is 12.4 Å². The first-order chi connectivity index (χ1) is 14.7. The maximum atomic E-state index is 13.8. The molecule has 31 heavy (non-hydrogen) atoms. The molecule has 0 N–H and O–H groups in total. The Morgan fingerprint density at radius 3 is 2.58 bits per heavy atom. The molecule has 0 aliphatic rings. The van der Waals surface area contributed by atoms with E-state index in [1.807, 2.05) is 0 Å². The van der Waals surface area contributed by atoms with Gasteiger partial charge < -0.3 is 9.64 Å². The second kappa shape index (κ2) is 9.33. The second-order valence-corrected chi connectivity index (χ2v) is 7.34. The molecule has 2 heterocycles. The lowest BCUT2D eigenvalue weighted by molar-refractivity contribution is -0.141. The first-order valence-corrected chi connectivity index (χ1v) is 9.72. The summed E-state index contributed by atoms with van der Waals surface area (Å²) >= 11 is 0.825. The number of halogens is 4. The predicted octanol–water partition coefficient (Wildman–Crippen LogP) is 4.21. The van der Waals surface area contributed by atoms with Crippen molar-refractivity contribution in [1.82, 2.24) is 24.7 Å². The molecule has 0 aliphatic carbocycles. The van der Waals surface area contributed by atoms with Crippen LogP contribution in [0.5, 0.6) is 5.75 Å². The van der Waals surface area contributed by atoms with E-state index in [2.05, 4.69) is 26.7 Å². The molecule has 12 heteroatoms. The Morgan fingerprint density at radius 2 is 1.94 bits per heavy atom. The predicted molar refractivity (Wildman–Crippen MR) is 106 cm³/mol. The fourth-order valence-corrected chi connectivity index (χ4v) is 3.25. The molecule has 0 saturated heterocycles. The summed E-state index contributed by atoms with van der Waals surface area (Å²) < 4.78 is 60.5. The minimum absolute atomic E-state index is 0.0432. The molecule has 7 nitrogen and oxygen atoms in total. The molecular weight excluding hydrogens is 436 g/mol. The van der Waals surface area contributed by atoms with Crippen molar-refractivity contribution in [3.05, 3.63) is 60.3 Å². The van der Waals surface area contributed by atoms with Crippen LogP contribution >= 0.6 is 11.8 Å². The zero-order valence-corrected chi connectivity index (χ0v) is 17.4. The first kappa shape index (κ1) is 22.5. The summed E-state index contributed by atoms with van der Waals surface area (Å²) in [5, 5.41) is 8.13. The molecule has 0 saturated carbocycles. The normalized spacial score (nSPS) is 11.4. The van der Waals surface area contributed by atoms with Crippen LogP contribution in [0, 0.1) is 5.82 Å². The Hall–Kier alpha value is -3.15. The average Bonchev–Trinajstić information content (AvgIpc) is 3.08. The zero-order chi connectivity index (χ0) is 22.6. The van der Waals surface area contributed by atoms with Gasteiger partial charge in [-0.25, -0.2) is 14.4 Å². The van der Waals surface area contributed by atoms with Gasteiger partial charge in [-0.05, 0) is 23.9 Å². The Labute approximate surface area is 179 Å². The summed E-state index contributed by atoms with van der Waals surface area (Å²) in [5.41, 5.74) is -1.06. The van der Waals surface area contributed by atoms with Crippen LogP contribution in [0.2, 0.25) is 0 Å². The van der Waals surface area contributed by atoms with Crippen molar-refractivity contribution in [2.75, 3.05) is 19.0 Å². The third kappa shape index (κ3) is 5.51. The van der Waals surface area contributed by atoms with Crippen molar-refractivity contribution in [2.45, 2.75) is 29.6 Å². The standard InChI is InChI=1S/C19H18F4N6OS/c1-4-9-29-16(11-30-13-8-6-5-7-12(13)20)26-27-18(29)31-17-24-14(19(21,22)23)10-15(25-17)28(2)3/h4-8,10H,1,9,11H2,2-3H3. The first-order valence-electron chi connectivity index (χ1n) is 8.90. The maximum Gasteiger partial charge on any atom is 0.433 e. The third-order valence-electron chi connectivity index (χ3n) is 3.92. The van der Waals surface area contributed by atoms with Gasteiger partial charge in [-0.3, -0.25) is 4.57 Å². The number of ether oxygens (including phenoxy) is 1. The molecule has 0 unspecified atom stereocenters. The number of rotatable bonds is 8. The molecular formula is C19H18F4N6OS. The van der Waals surface area contributed by atoms with E-state index in [0.717, 1.165) is 17.8 Å².